The van der Waals surface area contributed by atoms with Crippen molar-refractivity contribution in [3.05, 3.63) is 22.8 Å². The number of Topliss-reactive ketones (excluding diaryl/α,β-unsaturated/α-hetero) is 1. The molecule has 0 saturated heterocycles. The summed E-state index contributed by atoms with van der Waals surface area (Å²) in [4.78, 5) is 27.0. The number of carbonyl (C=O) groups is 2. The second kappa shape index (κ2) is 4.84. The zero-order chi connectivity index (χ0) is 12.4. The van der Waals surface area contributed by atoms with E-state index < -0.39 is 0 Å². The topological polar surface area (TPSA) is 59.1 Å². The molecular formula is C12H13ClN2O2. The number of amides is 1. The van der Waals surface area contributed by atoms with Gasteiger partial charge >= 0.3 is 0 Å². The second-order valence-corrected chi connectivity index (χ2v) is 4.50. The maximum absolute atomic E-state index is 11.5. The molecule has 1 aromatic heterocycles. The van der Waals surface area contributed by atoms with Gasteiger partial charge in [0.1, 0.15) is 5.82 Å². The fourth-order valence-electron chi connectivity index (χ4n) is 1.47. The number of halogens is 1. The van der Waals surface area contributed by atoms with Crippen LogP contribution in [0.2, 0.25) is 5.02 Å². The molecule has 90 valence electrons. The van der Waals surface area contributed by atoms with Gasteiger partial charge in [-0.05, 0) is 12.8 Å². The normalized spacial score (nSPS) is 14.5. The highest BCUT2D eigenvalue weighted by Crippen LogP contribution is 2.30. The Bertz CT molecular complexity index is 470. The molecule has 0 aliphatic heterocycles. The summed E-state index contributed by atoms with van der Waals surface area (Å²) >= 11 is 5.97. The van der Waals surface area contributed by atoms with Crippen molar-refractivity contribution in [2.45, 2.75) is 26.2 Å². The Morgan fingerprint density at radius 2 is 2.24 bits per heavy atom. The summed E-state index contributed by atoms with van der Waals surface area (Å²) in [7, 11) is 0. The Kier molecular flexibility index (Phi) is 3.43. The molecule has 0 unspecified atom stereocenters. The van der Waals surface area contributed by atoms with E-state index in [1.165, 1.54) is 12.3 Å². The van der Waals surface area contributed by atoms with Gasteiger partial charge in [-0.2, -0.15) is 0 Å². The SMILES string of the molecule is CCC(=O)c1cnc(NC(=O)C2CC2)cc1Cl. The largest absolute Gasteiger partial charge is 0.310 e. The van der Waals surface area contributed by atoms with Gasteiger partial charge in [0.05, 0.1) is 10.6 Å². The molecule has 0 aromatic carbocycles. The minimum Gasteiger partial charge on any atom is -0.310 e. The zero-order valence-corrected chi connectivity index (χ0v) is 10.3. The Labute approximate surface area is 104 Å². The number of pyridine rings is 1. The fourth-order valence-corrected chi connectivity index (χ4v) is 1.73. The fraction of sp³-hybridized carbons (Fsp3) is 0.417. The van der Waals surface area contributed by atoms with Gasteiger partial charge in [0.15, 0.2) is 5.78 Å². The number of hydrogen-bond donors (Lipinski definition) is 1. The summed E-state index contributed by atoms with van der Waals surface area (Å²) < 4.78 is 0. The standard InChI is InChI=1S/C12H13ClN2O2/c1-2-10(16)8-6-14-11(5-9(8)13)15-12(17)7-3-4-7/h5-7H,2-4H2,1H3,(H,14,15,17). The van der Waals surface area contributed by atoms with Crippen LogP contribution in [0, 0.1) is 5.92 Å². The molecular weight excluding hydrogens is 240 g/mol. The van der Waals surface area contributed by atoms with Crippen molar-refractivity contribution in [2.75, 3.05) is 5.32 Å². The highest BCUT2D eigenvalue weighted by atomic mass is 35.5. The monoisotopic (exact) mass is 252 g/mol. The van der Waals surface area contributed by atoms with Crippen LogP contribution in [0.1, 0.15) is 36.5 Å². The van der Waals surface area contributed by atoms with Crippen LogP contribution in [-0.2, 0) is 4.79 Å². The lowest BCUT2D eigenvalue weighted by Gasteiger charge is -2.06. The van der Waals surface area contributed by atoms with E-state index in [1.807, 2.05) is 0 Å². The van der Waals surface area contributed by atoms with E-state index in [1.54, 1.807) is 6.92 Å². The first kappa shape index (κ1) is 12.0. The third-order valence-corrected chi connectivity index (χ3v) is 2.99. The minimum atomic E-state index is -0.0532. The van der Waals surface area contributed by atoms with Crippen LogP contribution in [0.5, 0.6) is 0 Å². The lowest BCUT2D eigenvalue weighted by atomic mass is 10.1. The average Bonchev–Trinajstić information content (AvgIpc) is 3.12. The molecule has 17 heavy (non-hydrogen) atoms. The summed E-state index contributed by atoms with van der Waals surface area (Å²) in [6, 6.07) is 1.52. The third-order valence-electron chi connectivity index (χ3n) is 2.67. The van der Waals surface area contributed by atoms with E-state index in [9.17, 15) is 9.59 Å². The molecule has 1 aliphatic rings. The van der Waals surface area contributed by atoms with Crippen molar-refractivity contribution in [3.8, 4) is 0 Å². The highest BCUT2D eigenvalue weighted by Gasteiger charge is 2.29. The van der Waals surface area contributed by atoms with Crippen molar-refractivity contribution in [2.24, 2.45) is 5.92 Å². The predicted octanol–water partition coefficient (Wildman–Crippen LogP) is 2.68. The Morgan fingerprint density at radius 3 is 2.76 bits per heavy atom. The molecule has 1 N–H and O–H groups in total. The number of hydrogen-bond acceptors (Lipinski definition) is 3. The van der Waals surface area contributed by atoms with E-state index >= 15 is 0 Å². The zero-order valence-electron chi connectivity index (χ0n) is 9.50. The smallest absolute Gasteiger partial charge is 0.228 e. The van der Waals surface area contributed by atoms with Crippen LogP contribution >= 0.6 is 11.6 Å². The van der Waals surface area contributed by atoms with E-state index in [0.29, 0.717) is 22.8 Å². The maximum atomic E-state index is 11.5. The molecule has 1 amide bonds. The van der Waals surface area contributed by atoms with Gasteiger partial charge in [-0.1, -0.05) is 18.5 Å². The molecule has 2 rings (SSSR count). The van der Waals surface area contributed by atoms with Crippen LogP contribution in [0.4, 0.5) is 5.82 Å². The third kappa shape index (κ3) is 2.82. The molecule has 5 heteroatoms. The number of ketones is 1. The molecule has 1 fully saturated rings. The van der Waals surface area contributed by atoms with E-state index in [4.69, 9.17) is 11.6 Å². The molecule has 1 aromatic rings. The van der Waals surface area contributed by atoms with E-state index in [2.05, 4.69) is 10.3 Å². The first-order valence-corrected chi connectivity index (χ1v) is 5.99. The number of rotatable bonds is 4. The van der Waals surface area contributed by atoms with Gasteiger partial charge in [-0.15, -0.1) is 0 Å². The van der Waals surface area contributed by atoms with Crippen LogP contribution in [0.25, 0.3) is 0 Å². The molecule has 0 radical (unpaired) electrons. The number of anilines is 1. The molecule has 1 saturated carbocycles. The van der Waals surface area contributed by atoms with Crippen LogP contribution in [-0.4, -0.2) is 16.7 Å². The van der Waals surface area contributed by atoms with Gasteiger partial charge < -0.3 is 5.32 Å². The Balaban J connectivity index is 2.12. The summed E-state index contributed by atoms with van der Waals surface area (Å²) in [6.45, 7) is 1.77. The first-order valence-electron chi connectivity index (χ1n) is 5.61. The van der Waals surface area contributed by atoms with Crippen molar-refractivity contribution < 1.29 is 9.59 Å². The van der Waals surface area contributed by atoms with Gasteiger partial charge in [-0.3, -0.25) is 9.59 Å². The van der Waals surface area contributed by atoms with Gasteiger partial charge in [0.2, 0.25) is 5.91 Å². The van der Waals surface area contributed by atoms with Crippen molar-refractivity contribution >= 4 is 29.1 Å². The Hall–Kier alpha value is -1.42. The molecule has 0 bridgehead atoms. The maximum Gasteiger partial charge on any atom is 0.228 e. The van der Waals surface area contributed by atoms with Crippen LogP contribution < -0.4 is 5.32 Å². The highest BCUT2D eigenvalue weighted by molar-refractivity contribution is 6.34. The number of nitrogens with zero attached hydrogens (tertiary/aromatic N) is 1. The summed E-state index contributed by atoms with van der Waals surface area (Å²) in [5, 5.41) is 3.01. The van der Waals surface area contributed by atoms with E-state index in [-0.39, 0.29) is 17.6 Å². The lowest BCUT2D eigenvalue weighted by Crippen LogP contribution is -2.14. The molecule has 1 aliphatic carbocycles. The predicted molar refractivity (Wildman–Crippen MR) is 65.2 cm³/mol. The molecule has 0 spiro atoms. The lowest BCUT2D eigenvalue weighted by molar-refractivity contribution is -0.117. The molecule has 1 heterocycles. The van der Waals surface area contributed by atoms with Crippen LogP contribution in [0.15, 0.2) is 12.3 Å². The summed E-state index contributed by atoms with van der Waals surface area (Å²) in [5.74, 6) is 0.442. The molecule has 0 atom stereocenters. The van der Waals surface area contributed by atoms with Gasteiger partial charge in [0.25, 0.3) is 0 Å². The minimum absolute atomic E-state index is 0.0249. The van der Waals surface area contributed by atoms with Crippen molar-refractivity contribution in [1.29, 1.82) is 0 Å². The van der Waals surface area contributed by atoms with Crippen molar-refractivity contribution in [1.82, 2.24) is 4.98 Å². The van der Waals surface area contributed by atoms with E-state index in [0.717, 1.165) is 12.8 Å². The van der Waals surface area contributed by atoms with Gasteiger partial charge in [-0.25, -0.2) is 4.98 Å². The summed E-state index contributed by atoms with van der Waals surface area (Å²) in [6.07, 6.45) is 3.67. The Morgan fingerprint density at radius 1 is 1.53 bits per heavy atom. The number of aromatic nitrogens is 1. The quantitative estimate of drug-likeness (QED) is 0.838. The molecule has 4 nitrogen and oxygen atoms in total. The summed E-state index contributed by atoms with van der Waals surface area (Å²) in [5.41, 5.74) is 0.401. The van der Waals surface area contributed by atoms with Crippen LogP contribution in [0.3, 0.4) is 0 Å². The number of nitrogens with one attached hydrogen (secondary N) is 1. The average molecular weight is 253 g/mol. The second-order valence-electron chi connectivity index (χ2n) is 4.09. The number of carbonyl (C=O) groups excluding carboxylic acids is 2. The van der Waals surface area contributed by atoms with Gasteiger partial charge in [0, 0.05) is 24.6 Å². The van der Waals surface area contributed by atoms with Crippen molar-refractivity contribution in [3.63, 3.8) is 0 Å². The first-order chi connectivity index (χ1) is 8.11.